The second-order valence-electron chi connectivity index (χ2n) is 7.51. The fraction of sp³-hybridized carbons (Fsp3) is 0.300. The van der Waals surface area contributed by atoms with Crippen LogP contribution in [0.15, 0.2) is 12.4 Å². The van der Waals surface area contributed by atoms with Crippen LogP contribution in [-0.2, 0) is 9.59 Å². The third-order valence-electron chi connectivity index (χ3n) is 4.71. The quantitative estimate of drug-likeness (QED) is 0.567. The predicted molar refractivity (Wildman–Crippen MR) is 110 cm³/mol. The summed E-state index contributed by atoms with van der Waals surface area (Å²) >= 11 is 2.81. The fourth-order valence-electron chi connectivity index (χ4n) is 3.06. The maximum absolute atomic E-state index is 12.5. The summed E-state index contributed by atoms with van der Waals surface area (Å²) in [6, 6.07) is 0. The molecule has 3 aromatic rings. The Balaban J connectivity index is 1.70. The van der Waals surface area contributed by atoms with Gasteiger partial charge in [0.25, 0.3) is 11.8 Å². The molecule has 2 aliphatic heterocycles. The number of carbonyl (C=O) groups is 2. The van der Waals surface area contributed by atoms with Gasteiger partial charge in [0.05, 0.1) is 0 Å². The van der Waals surface area contributed by atoms with Crippen LogP contribution in [0.3, 0.4) is 0 Å². The Morgan fingerprint density at radius 2 is 1.13 bits per heavy atom. The Bertz CT molecular complexity index is 1250. The van der Waals surface area contributed by atoms with Gasteiger partial charge in [0.1, 0.15) is 31.9 Å². The molecule has 0 bridgehead atoms. The highest BCUT2D eigenvalue weighted by Gasteiger charge is 2.35. The van der Waals surface area contributed by atoms with Gasteiger partial charge in [-0.15, -0.1) is 22.7 Å². The number of esters is 2. The van der Waals surface area contributed by atoms with Crippen LogP contribution in [-0.4, -0.2) is 31.9 Å². The van der Waals surface area contributed by atoms with Gasteiger partial charge in [0.2, 0.25) is 0 Å². The fourth-order valence-corrected chi connectivity index (χ4v) is 4.96. The van der Waals surface area contributed by atoms with Gasteiger partial charge in [-0.3, -0.25) is 0 Å². The first kappa shape index (κ1) is 19.0. The van der Waals surface area contributed by atoms with Crippen molar-refractivity contribution in [1.29, 1.82) is 0 Å². The highest BCUT2D eigenvalue weighted by atomic mass is 32.1. The van der Waals surface area contributed by atoms with Gasteiger partial charge in [-0.25, -0.2) is 29.5 Å². The Labute approximate surface area is 179 Å². The van der Waals surface area contributed by atoms with Crippen LogP contribution in [0.5, 0.6) is 11.8 Å². The number of nitrogens with zero attached hydrogens (tertiary/aromatic N) is 4. The van der Waals surface area contributed by atoms with E-state index in [1.165, 1.54) is 22.7 Å². The molecule has 0 aliphatic carbocycles. The van der Waals surface area contributed by atoms with E-state index in [4.69, 9.17) is 9.47 Å². The molecule has 0 radical (unpaired) electrons. The van der Waals surface area contributed by atoms with E-state index in [-0.39, 0.29) is 45.4 Å². The van der Waals surface area contributed by atoms with Gasteiger partial charge in [-0.05, 0) is 11.8 Å². The van der Waals surface area contributed by atoms with Crippen molar-refractivity contribution >= 4 is 45.8 Å². The van der Waals surface area contributed by atoms with E-state index in [1.54, 1.807) is 12.4 Å². The van der Waals surface area contributed by atoms with E-state index in [2.05, 4.69) is 47.6 Å². The topological polar surface area (TPSA) is 104 Å². The molecule has 30 heavy (non-hydrogen) atoms. The summed E-state index contributed by atoms with van der Waals surface area (Å²) in [6.07, 6.45) is 3.48. The molecule has 2 aliphatic rings. The van der Waals surface area contributed by atoms with Gasteiger partial charge in [0.15, 0.2) is 0 Å². The minimum Gasteiger partial charge on any atom is -0.401 e. The van der Waals surface area contributed by atoms with E-state index in [9.17, 15) is 9.59 Å². The van der Waals surface area contributed by atoms with Crippen LogP contribution in [0.25, 0.3) is 11.1 Å². The van der Waals surface area contributed by atoms with E-state index >= 15 is 0 Å². The zero-order chi connectivity index (χ0) is 21.2. The summed E-state index contributed by atoms with van der Waals surface area (Å²) in [7, 11) is 0. The standard InChI is InChI=1S/C20H16N4O4S2/c1-7(2)9-5-21-17(29-9)11-13-15(27-19(11)25)24-14-12(20(26)28-16(14)23-13)18-22-6-10(30-18)8(3)4/h5-8H,1-4H3. The number of rotatable bonds is 4. The summed E-state index contributed by atoms with van der Waals surface area (Å²) in [4.78, 5) is 44.7. The first-order valence-corrected chi connectivity index (χ1v) is 11.0. The number of hydrogen-bond acceptors (Lipinski definition) is 10. The summed E-state index contributed by atoms with van der Waals surface area (Å²) in [6.45, 7) is 8.21. The van der Waals surface area contributed by atoms with Crippen molar-refractivity contribution in [1.82, 2.24) is 19.9 Å². The Hall–Kier alpha value is -2.98. The van der Waals surface area contributed by atoms with Crippen molar-refractivity contribution in [2.24, 2.45) is 0 Å². The molecule has 0 saturated carbocycles. The SMILES string of the molecule is CC(C)c1cnc(C2=c3nc4c(nc3OC2=O)=C(c2ncc(C(C)C)s2)C(=O)O4)s1. The smallest absolute Gasteiger partial charge is 0.350 e. The van der Waals surface area contributed by atoms with Crippen molar-refractivity contribution in [2.75, 3.05) is 0 Å². The molecule has 10 heteroatoms. The Kier molecular flexibility index (Phi) is 4.30. The maximum atomic E-state index is 12.5. The summed E-state index contributed by atoms with van der Waals surface area (Å²) < 4.78 is 10.7. The lowest BCUT2D eigenvalue weighted by molar-refractivity contribution is -0.128. The van der Waals surface area contributed by atoms with Crippen LogP contribution in [0.1, 0.15) is 59.3 Å². The lowest BCUT2D eigenvalue weighted by Crippen LogP contribution is -2.20. The van der Waals surface area contributed by atoms with Gasteiger partial charge >= 0.3 is 11.9 Å². The van der Waals surface area contributed by atoms with Crippen LogP contribution < -0.4 is 20.2 Å². The number of ether oxygens (including phenoxy) is 2. The molecule has 0 spiro atoms. The molecule has 0 atom stereocenters. The van der Waals surface area contributed by atoms with Crippen molar-refractivity contribution in [3.63, 3.8) is 0 Å². The molecule has 0 amide bonds. The third kappa shape index (κ3) is 2.86. The molecule has 0 aromatic carbocycles. The van der Waals surface area contributed by atoms with Crippen molar-refractivity contribution in [3.8, 4) is 11.8 Å². The largest absolute Gasteiger partial charge is 0.401 e. The van der Waals surface area contributed by atoms with Gasteiger partial charge in [0, 0.05) is 22.1 Å². The Morgan fingerprint density at radius 3 is 1.47 bits per heavy atom. The normalized spacial score (nSPS) is 15.1. The average Bonchev–Trinajstić information content (AvgIpc) is 3.42. The number of thiazole rings is 2. The summed E-state index contributed by atoms with van der Waals surface area (Å²) in [5, 5.41) is 1.48. The van der Waals surface area contributed by atoms with Crippen LogP contribution in [0.4, 0.5) is 0 Å². The van der Waals surface area contributed by atoms with E-state index in [1.807, 2.05) is 0 Å². The number of aromatic nitrogens is 4. The third-order valence-corrected chi connectivity index (χ3v) is 7.34. The molecule has 0 unspecified atom stereocenters. The average molecular weight is 441 g/mol. The maximum Gasteiger partial charge on any atom is 0.350 e. The lowest BCUT2D eigenvalue weighted by Gasteiger charge is -1.96. The highest BCUT2D eigenvalue weighted by molar-refractivity contribution is 7.13. The van der Waals surface area contributed by atoms with Crippen molar-refractivity contribution in [2.45, 2.75) is 39.5 Å². The van der Waals surface area contributed by atoms with Crippen molar-refractivity contribution < 1.29 is 19.1 Å². The number of fused-ring (bicyclic) bond motifs is 2. The van der Waals surface area contributed by atoms with E-state index in [0.29, 0.717) is 10.0 Å². The van der Waals surface area contributed by atoms with Crippen LogP contribution >= 0.6 is 22.7 Å². The van der Waals surface area contributed by atoms with Crippen LogP contribution in [0.2, 0.25) is 0 Å². The monoisotopic (exact) mass is 440 g/mol. The first-order valence-electron chi connectivity index (χ1n) is 9.36. The summed E-state index contributed by atoms with van der Waals surface area (Å²) in [5.74, 6) is -0.470. The summed E-state index contributed by atoms with van der Waals surface area (Å²) in [5.41, 5.74) is 0.469. The number of hydrogen-bond donors (Lipinski definition) is 0. The molecule has 0 fully saturated rings. The minimum atomic E-state index is -0.567. The molecule has 5 heterocycles. The van der Waals surface area contributed by atoms with Gasteiger partial charge in [-0.1, -0.05) is 27.7 Å². The lowest BCUT2D eigenvalue weighted by atomic mass is 10.2. The molecular formula is C20H16N4O4S2. The Morgan fingerprint density at radius 1 is 0.733 bits per heavy atom. The van der Waals surface area contributed by atoms with Gasteiger partial charge < -0.3 is 9.47 Å². The molecule has 0 saturated heterocycles. The zero-order valence-corrected chi connectivity index (χ0v) is 18.2. The highest BCUT2D eigenvalue weighted by Crippen LogP contribution is 2.30. The number of carbonyl (C=O) groups excluding carboxylic acids is 2. The molecular weight excluding hydrogens is 424 g/mol. The zero-order valence-electron chi connectivity index (χ0n) is 16.5. The second kappa shape index (κ2) is 6.78. The van der Waals surface area contributed by atoms with Crippen molar-refractivity contribution in [3.05, 3.63) is 42.9 Å². The molecule has 152 valence electrons. The van der Waals surface area contributed by atoms with Crippen LogP contribution in [0, 0.1) is 0 Å². The molecule has 3 aromatic heterocycles. The minimum absolute atomic E-state index is 0.0477. The second-order valence-corrected chi connectivity index (χ2v) is 9.63. The van der Waals surface area contributed by atoms with E-state index < -0.39 is 11.9 Å². The predicted octanol–water partition coefficient (Wildman–Crippen LogP) is 1.87. The molecule has 8 nitrogen and oxygen atoms in total. The molecule has 5 rings (SSSR count). The molecule has 0 N–H and O–H groups in total. The van der Waals surface area contributed by atoms with Gasteiger partial charge in [-0.2, -0.15) is 0 Å². The first-order chi connectivity index (χ1) is 14.3. The van der Waals surface area contributed by atoms with E-state index in [0.717, 1.165) is 9.75 Å².